The Kier molecular flexibility index (Phi) is 5.50. The number of fused-ring (bicyclic) bond motifs is 1. The van der Waals surface area contributed by atoms with E-state index in [1.54, 1.807) is 0 Å². The van der Waals surface area contributed by atoms with Gasteiger partial charge in [-0.25, -0.2) is 0 Å². The van der Waals surface area contributed by atoms with Crippen LogP contribution in [-0.2, 0) is 0 Å². The van der Waals surface area contributed by atoms with E-state index in [-0.39, 0.29) is 0 Å². The molecule has 0 saturated carbocycles. The van der Waals surface area contributed by atoms with Gasteiger partial charge >= 0.3 is 0 Å². The second kappa shape index (κ2) is 8.19. The fraction of sp³-hybridized carbons (Fsp3) is 0.455. The molecule has 1 atom stereocenters. The van der Waals surface area contributed by atoms with Crippen LogP contribution in [0.15, 0.2) is 42.5 Å². The van der Waals surface area contributed by atoms with E-state index in [2.05, 4.69) is 41.0 Å². The van der Waals surface area contributed by atoms with Crippen LogP contribution in [0.25, 0.3) is 0 Å². The van der Waals surface area contributed by atoms with E-state index in [4.69, 9.17) is 9.47 Å². The number of hydrogen-bond donors (Lipinski definition) is 1. The van der Waals surface area contributed by atoms with Crippen molar-refractivity contribution in [2.75, 3.05) is 50.8 Å². The highest BCUT2D eigenvalue weighted by Gasteiger charge is 2.21. The first-order chi connectivity index (χ1) is 13.2. The van der Waals surface area contributed by atoms with E-state index >= 15 is 0 Å². The summed E-state index contributed by atoms with van der Waals surface area (Å²) in [7, 11) is 0. The van der Waals surface area contributed by atoms with Crippen LogP contribution in [0.4, 0.5) is 5.69 Å². The summed E-state index contributed by atoms with van der Waals surface area (Å²) in [6.45, 7) is 7.99. The topological polar surface area (TPSA) is 45.2 Å². The van der Waals surface area contributed by atoms with Crippen molar-refractivity contribution >= 4 is 5.69 Å². The van der Waals surface area contributed by atoms with Gasteiger partial charge < -0.3 is 19.5 Å². The molecule has 27 heavy (non-hydrogen) atoms. The molecule has 0 amide bonds. The molecule has 0 unspecified atom stereocenters. The molecule has 0 spiro atoms. The van der Waals surface area contributed by atoms with Gasteiger partial charge in [0.05, 0.1) is 19.3 Å². The number of anilines is 1. The van der Waals surface area contributed by atoms with E-state index in [1.807, 2.05) is 18.2 Å². The van der Waals surface area contributed by atoms with Crippen molar-refractivity contribution in [3.63, 3.8) is 0 Å². The lowest BCUT2D eigenvalue weighted by Gasteiger charge is -2.37. The van der Waals surface area contributed by atoms with Gasteiger partial charge in [-0.2, -0.15) is 0 Å². The van der Waals surface area contributed by atoms with Crippen LogP contribution in [-0.4, -0.2) is 55.9 Å². The third kappa shape index (κ3) is 4.37. The Bertz CT molecular complexity index is 772. The van der Waals surface area contributed by atoms with Gasteiger partial charge in [-0.1, -0.05) is 18.2 Å². The molecule has 0 radical (unpaired) electrons. The summed E-state index contributed by atoms with van der Waals surface area (Å²) in [6.07, 6.45) is 0.366. The monoisotopic (exact) mass is 368 g/mol. The molecule has 5 nitrogen and oxygen atoms in total. The normalized spacial score (nSPS) is 18.8. The quantitative estimate of drug-likeness (QED) is 0.899. The maximum Gasteiger partial charge on any atom is 0.161 e. The van der Waals surface area contributed by atoms with E-state index in [1.165, 1.54) is 11.3 Å². The first-order valence-electron chi connectivity index (χ1n) is 9.80. The molecule has 2 aromatic carbocycles. The number of β-amino-alcohol motifs (C(OH)–C–C–N with tert-alkyl or cyclic N) is 1. The maximum atomic E-state index is 10.7. The molecule has 2 aliphatic rings. The zero-order chi connectivity index (χ0) is 18.6. The van der Waals surface area contributed by atoms with Gasteiger partial charge in [0.1, 0.15) is 0 Å². The van der Waals surface area contributed by atoms with Crippen molar-refractivity contribution < 1.29 is 14.6 Å². The smallest absolute Gasteiger partial charge is 0.161 e. The first kappa shape index (κ1) is 18.1. The van der Waals surface area contributed by atoms with E-state index < -0.39 is 6.10 Å². The Hall–Kier alpha value is -2.24. The second-order valence-corrected chi connectivity index (χ2v) is 7.40. The Morgan fingerprint density at radius 2 is 1.74 bits per heavy atom. The molecule has 2 aromatic rings. The van der Waals surface area contributed by atoms with Gasteiger partial charge in [-0.15, -0.1) is 0 Å². The van der Waals surface area contributed by atoms with Crippen LogP contribution in [0.2, 0.25) is 0 Å². The van der Waals surface area contributed by atoms with Crippen LogP contribution >= 0.6 is 0 Å². The maximum absolute atomic E-state index is 10.7. The van der Waals surface area contributed by atoms with Gasteiger partial charge in [0.25, 0.3) is 0 Å². The third-order valence-electron chi connectivity index (χ3n) is 5.33. The third-order valence-corrected chi connectivity index (χ3v) is 5.33. The Labute approximate surface area is 161 Å². The largest absolute Gasteiger partial charge is 0.490 e. The van der Waals surface area contributed by atoms with Gasteiger partial charge in [-0.05, 0) is 42.3 Å². The number of hydrogen-bond acceptors (Lipinski definition) is 5. The Morgan fingerprint density at radius 1 is 0.963 bits per heavy atom. The summed E-state index contributed by atoms with van der Waals surface area (Å²) < 4.78 is 11.4. The van der Waals surface area contributed by atoms with Crippen LogP contribution in [0, 0.1) is 6.92 Å². The lowest BCUT2D eigenvalue weighted by molar-refractivity contribution is 0.109. The molecule has 0 bridgehead atoms. The number of piperazine rings is 1. The predicted molar refractivity (Wildman–Crippen MR) is 107 cm³/mol. The Morgan fingerprint density at radius 3 is 2.52 bits per heavy atom. The van der Waals surface area contributed by atoms with Crippen molar-refractivity contribution in [1.82, 2.24) is 4.90 Å². The number of aryl methyl sites for hydroxylation is 1. The highest BCUT2D eigenvalue weighted by atomic mass is 16.5. The summed E-state index contributed by atoms with van der Waals surface area (Å²) in [6, 6.07) is 14.4. The lowest BCUT2D eigenvalue weighted by Crippen LogP contribution is -2.47. The fourth-order valence-electron chi connectivity index (χ4n) is 3.75. The molecule has 1 saturated heterocycles. The van der Waals surface area contributed by atoms with Crippen molar-refractivity contribution in [3.05, 3.63) is 53.6 Å². The predicted octanol–water partition coefficient (Wildman–Crippen LogP) is 3.01. The first-order valence-corrected chi connectivity index (χ1v) is 9.80. The molecule has 144 valence electrons. The molecule has 0 aromatic heterocycles. The van der Waals surface area contributed by atoms with Crippen molar-refractivity contribution in [2.24, 2.45) is 0 Å². The zero-order valence-corrected chi connectivity index (χ0v) is 15.9. The summed E-state index contributed by atoms with van der Waals surface area (Å²) in [5, 5.41) is 10.7. The minimum Gasteiger partial charge on any atom is -0.490 e. The molecule has 2 heterocycles. The average Bonchev–Trinajstić information content (AvgIpc) is 2.93. The summed E-state index contributed by atoms with van der Waals surface area (Å²) in [5.74, 6) is 1.52. The lowest BCUT2D eigenvalue weighted by atomic mass is 10.1. The van der Waals surface area contributed by atoms with Gasteiger partial charge in [0.2, 0.25) is 0 Å². The molecule has 4 rings (SSSR count). The van der Waals surface area contributed by atoms with Crippen molar-refractivity contribution in [3.8, 4) is 11.5 Å². The van der Waals surface area contributed by atoms with E-state index in [0.717, 1.165) is 49.7 Å². The summed E-state index contributed by atoms with van der Waals surface area (Å²) >= 11 is 0. The standard InChI is InChI=1S/C22H28N2O3/c1-17-4-2-5-19(14-17)24-10-8-23(9-11-24)16-20(25)18-6-7-21-22(15-18)27-13-3-12-26-21/h2,4-7,14-15,20,25H,3,8-13,16H2,1H3/t20-/m1/s1. The van der Waals surface area contributed by atoms with Gasteiger partial charge in [0, 0.05) is 44.8 Å². The highest BCUT2D eigenvalue weighted by molar-refractivity contribution is 5.49. The SMILES string of the molecule is Cc1cccc(N2CCN(C[C@@H](O)c3ccc4c(c3)OCCCO4)CC2)c1. The summed E-state index contributed by atoms with van der Waals surface area (Å²) in [4.78, 5) is 4.75. The molecule has 0 aliphatic carbocycles. The van der Waals surface area contributed by atoms with Crippen LogP contribution in [0.3, 0.4) is 0 Å². The highest BCUT2D eigenvalue weighted by Crippen LogP contribution is 2.32. The van der Waals surface area contributed by atoms with Gasteiger partial charge in [-0.3, -0.25) is 4.90 Å². The van der Waals surface area contributed by atoms with Crippen LogP contribution in [0.5, 0.6) is 11.5 Å². The molecular weight excluding hydrogens is 340 g/mol. The molecule has 5 heteroatoms. The van der Waals surface area contributed by atoms with Crippen LogP contribution in [0.1, 0.15) is 23.7 Å². The number of benzene rings is 2. The second-order valence-electron chi connectivity index (χ2n) is 7.40. The Balaban J connectivity index is 1.34. The van der Waals surface area contributed by atoms with E-state index in [9.17, 15) is 5.11 Å². The van der Waals surface area contributed by atoms with E-state index in [0.29, 0.717) is 19.8 Å². The fourth-order valence-corrected chi connectivity index (χ4v) is 3.75. The zero-order valence-electron chi connectivity index (χ0n) is 15.9. The number of ether oxygens (including phenoxy) is 2. The number of nitrogens with zero attached hydrogens (tertiary/aromatic N) is 2. The summed E-state index contributed by atoms with van der Waals surface area (Å²) in [5.41, 5.74) is 3.47. The molecule has 2 aliphatic heterocycles. The number of aliphatic hydroxyl groups is 1. The van der Waals surface area contributed by atoms with Gasteiger partial charge in [0.15, 0.2) is 11.5 Å². The number of aliphatic hydroxyl groups excluding tert-OH is 1. The minimum atomic E-state index is -0.521. The molecule has 1 fully saturated rings. The van der Waals surface area contributed by atoms with Crippen LogP contribution < -0.4 is 14.4 Å². The average molecular weight is 368 g/mol. The molecule has 1 N–H and O–H groups in total. The van der Waals surface area contributed by atoms with Crippen molar-refractivity contribution in [1.29, 1.82) is 0 Å². The minimum absolute atomic E-state index is 0.521. The molecular formula is C22H28N2O3. The van der Waals surface area contributed by atoms with Crippen molar-refractivity contribution in [2.45, 2.75) is 19.4 Å². The number of rotatable bonds is 4.